The van der Waals surface area contributed by atoms with E-state index in [4.69, 9.17) is 22.4 Å². The SMILES string of the molecule is Nc1nc(Cl)c2c(n1)n(CCO)c(=O)n2C(F)F. The second kappa shape index (κ2) is 4.50. The van der Waals surface area contributed by atoms with Crippen molar-refractivity contribution in [1.29, 1.82) is 0 Å². The van der Waals surface area contributed by atoms with Crippen LogP contribution >= 0.6 is 11.6 Å². The van der Waals surface area contributed by atoms with Crippen molar-refractivity contribution in [2.45, 2.75) is 13.1 Å². The third-order valence-corrected chi connectivity index (χ3v) is 2.56. The van der Waals surface area contributed by atoms with Crippen LogP contribution in [-0.4, -0.2) is 30.8 Å². The Labute approximate surface area is 103 Å². The van der Waals surface area contributed by atoms with E-state index in [1.165, 1.54) is 0 Å². The summed E-state index contributed by atoms with van der Waals surface area (Å²) >= 11 is 5.70. The zero-order valence-electron chi connectivity index (χ0n) is 8.85. The monoisotopic (exact) mass is 279 g/mol. The van der Waals surface area contributed by atoms with Gasteiger partial charge >= 0.3 is 12.2 Å². The Bertz CT molecular complexity index is 653. The highest BCUT2D eigenvalue weighted by atomic mass is 35.5. The van der Waals surface area contributed by atoms with Crippen LogP contribution in [0, 0.1) is 0 Å². The Hall–Kier alpha value is -1.74. The molecule has 0 amide bonds. The molecule has 0 spiro atoms. The Balaban J connectivity index is 2.93. The van der Waals surface area contributed by atoms with Gasteiger partial charge in [-0.1, -0.05) is 11.6 Å². The van der Waals surface area contributed by atoms with Crippen LogP contribution in [0.1, 0.15) is 6.55 Å². The lowest BCUT2D eigenvalue weighted by molar-refractivity contribution is 0.0700. The normalized spacial score (nSPS) is 11.6. The van der Waals surface area contributed by atoms with E-state index in [0.29, 0.717) is 0 Å². The third-order valence-electron chi connectivity index (χ3n) is 2.29. The summed E-state index contributed by atoms with van der Waals surface area (Å²) in [6, 6.07) is 0. The minimum atomic E-state index is -3.09. The molecule has 2 rings (SSSR count). The molecule has 0 unspecified atom stereocenters. The Morgan fingerprint density at radius 3 is 2.67 bits per heavy atom. The number of halogens is 3. The molecule has 0 aliphatic carbocycles. The first-order chi connectivity index (χ1) is 8.47. The van der Waals surface area contributed by atoms with Gasteiger partial charge in [0.25, 0.3) is 0 Å². The van der Waals surface area contributed by atoms with Gasteiger partial charge in [-0.15, -0.1) is 0 Å². The van der Waals surface area contributed by atoms with Crippen LogP contribution in [0.5, 0.6) is 0 Å². The van der Waals surface area contributed by atoms with Gasteiger partial charge in [0.2, 0.25) is 5.95 Å². The Morgan fingerprint density at radius 2 is 2.11 bits per heavy atom. The van der Waals surface area contributed by atoms with Crippen LogP contribution in [-0.2, 0) is 6.54 Å². The van der Waals surface area contributed by atoms with Gasteiger partial charge < -0.3 is 10.8 Å². The van der Waals surface area contributed by atoms with E-state index in [9.17, 15) is 13.6 Å². The second-order valence-corrected chi connectivity index (χ2v) is 3.71. The number of rotatable bonds is 3. The summed E-state index contributed by atoms with van der Waals surface area (Å²) in [6.45, 7) is -3.70. The van der Waals surface area contributed by atoms with E-state index in [1.54, 1.807) is 0 Å². The Kier molecular flexibility index (Phi) is 3.18. The zero-order valence-corrected chi connectivity index (χ0v) is 9.60. The molecule has 2 aromatic heterocycles. The number of alkyl halides is 2. The van der Waals surface area contributed by atoms with Crippen molar-refractivity contribution in [1.82, 2.24) is 19.1 Å². The number of aromatic nitrogens is 4. The number of nitrogen functional groups attached to an aromatic ring is 1. The topological polar surface area (TPSA) is 99.0 Å². The minimum Gasteiger partial charge on any atom is -0.395 e. The van der Waals surface area contributed by atoms with E-state index in [2.05, 4.69) is 9.97 Å². The first kappa shape index (κ1) is 12.7. The molecule has 10 heteroatoms. The molecule has 0 radical (unpaired) electrons. The molecule has 0 fully saturated rings. The number of fused-ring (bicyclic) bond motifs is 1. The lowest BCUT2D eigenvalue weighted by Gasteiger charge is -2.01. The summed E-state index contributed by atoms with van der Waals surface area (Å²) in [5.41, 5.74) is 3.87. The standard InChI is InChI=1S/C8H8ClF2N5O2/c9-4-3-5(14-7(12)13-4)15(1-2-17)8(18)16(3)6(10)11/h6,17H,1-2H2,(H2,12,13,14). The Morgan fingerprint density at radius 1 is 1.44 bits per heavy atom. The quantitative estimate of drug-likeness (QED) is 0.783. The van der Waals surface area contributed by atoms with E-state index < -0.39 is 18.8 Å². The summed E-state index contributed by atoms with van der Waals surface area (Å²) in [7, 11) is 0. The molecule has 0 bridgehead atoms. The highest BCUT2D eigenvalue weighted by molar-refractivity contribution is 6.33. The van der Waals surface area contributed by atoms with Crippen LogP contribution in [0.3, 0.4) is 0 Å². The fourth-order valence-electron chi connectivity index (χ4n) is 1.63. The highest BCUT2D eigenvalue weighted by Gasteiger charge is 2.23. The molecule has 0 aliphatic rings. The fraction of sp³-hybridized carbons (Fsp3) is 0.375. The molecular weight excluding hydrogens is 272 g/mol. The first-order valence-corrected chi connectivity index (χ1v) is 5.18. The number of hydrogen-bond donors (Lipinski definition) is 2. The maximum Gasteiger partial charge on any atom is 0.334 e. The van der Waals surface area contributed by atoms with Gasteiger partial charge in [0, 0.05) is 0 Å². The molecule has 0 aromatic carbocycles. The molecule has 0 atom stereocenters. The van der Waals surface area contributed by atoms with Crippen molar-refractivity contribution in [3.8, 4) is 0 Å². The molecule has 2 heterocycles. The number of nitrogens with zero attached hydrogens (tertiary/aromatic N) is 4. The van der Waals surface area contributed by atoms with Crippen molar-refractivity contribution >= 4 is 28.7 Å². The number of aliphatic hydroxyl groups excluding tert-OH is 1. The van der Waals surface area contributed by atoms with E-state index in [-0.39, 0.29) is 33.4 Å². The van der Waals surface area contributed by atoms with E-state index in [0.717, 1.165) is 4.57 Å². The van der Waals surface area contributed by atoms with Crippen LogP contribution < -0.4 is 11.4 Å². The van der Waals surface area contributed by atoms with Gasteiger partial charge in [0.05, 0.1) is 13.2 Å². The van der Waals surface area contributed by atoms with E-state index >= 15 is 0 Å². The second-order valence-electron chi connectivity index (χ2n) is 3.35. The zero-order chi connectivity index (χ0) is 13.4. The van der Waals surface area contributed by atoms with Gasteiger partial charge in [-0.2, -0.15) is 18.7 Å². The van der Waals surface area contributed by atoms with Gasteiger partial charge in [-0.25, -0.2) is 9.36 Å². The highest BCUT2D eigenvalue weighted by Crippen LogP contribution is 2.24. The lowest BCUT2D eigenvalue weighted by Crippen LogP contribution is -2.26. The molecule has 7 nitrogen and oxygen atoms in total. The fourth-order valence-corrected chi connectivity index (χ4v) is 1.89. The third kappa shape index (κ3) is 1.81. The average molecular weight is 280 g/mol. The van der Waals surface area contributed by atoms with Crippen molar-refractivity contribution in [3.05, 3.63) is 15.6 Å². The van der Waals surface area contributed by atoms with Crippen molar-refractivity contribution in [2.75, 3.05) is 12.3 Å². The summed E-state index contributed by atoms with van der Waals surface area (Å²) in [6.07, 6.45) is 0. The van der Waals surface area contributed by atoms with Crippen LogP contribution in [0.15, 0.2) is 4.79 Å². The van der Waals surface area contributed by atoms with Crippen molar-refractivity contribution < 1.29 is 13.9 Å². The lowest BCUT2D eigenvalue weighted by atomic mass is 10.5. The average Bonchev–Trinajstić information content (AvgIpc) is 2.54. The molecule has 2 aromatic rings. The van der Waals surface area contributed by atoms with E-state index in [1.807, 2.05) is 0 Å². The molecule has 0 aliphatic heterocycles. The maximum atomic E-state index is 12.8. The summed E-state index contributed by atoms with van der Waals surface area (Å²) in [4.78, 5) is 19.0. The maximum absolute atomic E-state index is 12.8. The molecular formula is C8H8ClF2N5O2. The number of imidazole rings is 1. The molecule has 98 valence electrons. The molecule has 18 heavy (non-hydrogen) atoms. The molecule has 3 N–H and O–H groups in total. The predicted molar refractivity (Wildman–Crippen MR) is 59.5 cm³/mol. The summed E-state index contributed by atoms with van der Waals surface area (Å²) in [5, 5.41) is 8.48. The number of nitrogens with two attached hydrogens (primary N) is 1. The summed E-state index contributed by atoms with van der Waals surface area (Å²) < 4.78 is 26.7. The van der Waals surface area contributed by atoms with Crippen LogP contribution in [0.25, 0.3) is 11.2 Å². The van der Waals surface area contributed by atoms with Crippen LogP contribution in [0.2, 0.25) is 5.15 Å². The van der Waals surface area contributed by atoms with Crippen LogP contribution in [0.4, 0.5) is 14.7 Å². The number of hydrogen-bond acceptors (Lipinski definition) is 5. The summed E-state index contributed by atoms with van der Waals surface area (Å²) in [5.74, 6) is -0.245. The molecule has 0 saturated heterocycles. The van der Waals surface area contributed by atoms with Gasteiger partial charge in [-0.05, 0) is 0 Å². The molecule has 0 saturated carbocycles. The smallest absolute Gasteiger partial charge is 0.334 e. The largest absolute Gasteiger partial charge is 0.395 e. The predicted octanol–water partition coefficient (Wildman–Crippen LogP) is 0.216. The van der Waals surface area contributed by atoms with Gasteiger partial charge in [-0.3, -0.25) is 4.57 Å². The minimum absolute atomic E-state index is 0.133. The number of anilines is 1. The van der Waals surface area contributed by atoms with Crippen molar-refractivity contribution in [3.63, 3.8) is 0 Å². The van der Waals surface area contributed by atoms with Gasteiger partial charge in [0.15, 0.2) is 10.8 Å². The number of aliphatic hydroxyl groups is 1. The van der Waals surface area contributed by atoms with Crippen molar-refractivity contribution in [2.24, 2.45) is 0 Å². The van der Waals surface area contributed by atoms with Gasteiger partial charge in [0.1, 0.15) is 5.52 Å². The first-order valence-electron chi connectivity index (χ1n) is 4.80.